The molecular weight excluding hydrogens is 167 g/mol. The van der Waals surface area contributed by atoms with Gasteiger partial charge in [-0.1, -0.05) is 0 Å². The van der Waals surface area contributed by atoms with Crippen LogP contribution in [0.2, 0.25) is 0 Å². The van der Waals surface area contributed by atoms with E-state index in [0.717, 1.165) is 26.2 Å². The molecule has 5 nitrogen and oxygen atoms in total. The summed E-state index contributed by atoms with van der Waals surface area (Å²) in [6.45, 7) is 4.78. The fourth-order valence-corrected chi connectivity index (χ4v) is 0.925. The lowest BCUT2D eigenvalue weighted by Gasteiger charge is -2.11. The summed E-state index contributed by atoms with van der Waals surface area (Å²) in [7, 11) is -1.94. The van der Waals surface area contributed by atoms with E-state index in [0.29, 0.717) is 0 Å². The Bertz CT molecular complexity index is 111. The third-order valence-corrected chi connectivity index (χ3v) is 2.02. The van der Waals surface area contributed by atoms with Gasteiger partial charge in [0.25, 0.3) is 0 Å². The number of hydrogen-bond donors (Lipinski definition) is 2. The molecule has 0 spiro atoms. The fourth-order valence-electron chi connectivity index (χ4n) is 0.711. The molecule has 11 heavy (non-hydrogen) atoms. The van der Waals surface area contributed by atoms with E-state index in [1.807, 2.05) is 0 Å². The molecule has 2 aliphatic rings. The molecule has 2 heterocycles. The predicted octanol–water partition coefficient (Wildman–Crippen LogP) is -0.440. The van der Waals surface area contributed by atoms with Gasteiger partial charge in [0, 0.05) is 26.2 Å². The summed E-state index contributed by atoms with van der Waals surface area (Å²) in [6.07, 6.45) is 0. The molecule has 0 amide bonds. The summed E-state index contributed by atoms with van der Waals surface area (Å²) in [5, 5.41) is 6.44. The minimum absolute atomic E-state index is 0.220. The molecule has 0 aliphatic carbocycles. The van der Waals surface area contributed by atoms with Crippen LogP contribution in [0.1, 0.15) is 0 Å². The monoisotopic (exact) mass is 180 g/mol. The van der Waals surface area contributed by atoms with Crippen molar-refractivity contribution in [2.75, 3.05) is 33.0 Å². The second-order valence-corrected chi connectivity index (χ2v) is 3.23. The molecule has 66 valence electrons. The molecule has 2 saturated heterocycles. The standard InChI is InChI=1S/C4H10N2.CH3O3P/c1-2-6-4-3-5-1;2-5-3-1-4-5/h5-6H,1-4H2;5H,1H2. The molecule has 2 rings (SSSR count). The Hall–Kier alpha value is 0.0700. The summed E-state index contributed by atoms with van der Waals surface area (Å²) in [4.78, 5) is 0. The second-order valence-electron chi connectivity index (χ2n) is 2.16. The summed E-state index contributed by atoms with van der Waals surface area (Å²) in [5.41, 5.74) is 0. The summed E-state index contributed by atoms with van der Waals surface area (Å²) in [6, 6.07) is 0. The molecule has 0 radical (unpaired) electrons. The van der Waals surface area contributed by atoms with Crippen LogP contribution in [0.25, 0.3) is 0 Å². The molecule has 0 atom stereocenters. The Morgan fingerprint density at radius 1 is 1.00 bits per heavy atom. The molecule has 0 aromatic heterocycles. The molecule has 0 bridgehead atoms. The quantitative estimate of drug-likeness (QED) is 0.495. The SMILES string of the molecule is C1CNCCN1.O=[PH]1OCO1. The Balaban J connectivity index is 0.000000112. The first-order valence-electron chi connectivity index (χ1n) is 3.60. The van der Waals surface area contributed by atoms with Crippen LogP contribution >= 0.6 is 8.25 Å². The average molecular weight is 180 g/mol. The Morgan fingerprint density at radius 3 is 1.45 bits per heavy atom. The first kappa shape index (κ1) is 9.16. The third-order valence-electron chi connectivity index (χ3n) is 1.31. The minimum atomic E-state index is -1.94. The first-order chi connectivity index (χ1) is 5.39. The van der Waals surface area contributed by atoms with Crippen molar-refractivity contribution in [3.05, 3.63) is 0 Å². The van der Waals surface area contributed by atoms with Crippen LogP contribution in [0, 0.1) is 0 Å². The maximum absolute atomic E-state index is 9.64. The van der Waals surface area contributed by atoms with E-state index >= 15 is 0 Å². The van der Waals surface area contributed by atoms with Gasteiger partial charge in [0.2, 0.25) is 0 Å². The van der Waals surface area contributed by atoms with Crippen molar-refractivity contribution >= 4 is 8.25 Å². The van der Waals surface area contributed by atoms with Gasteiger partial charge in [0.1, 0.15) is 0 Å². The van der Waals surface area contributed by atoms with Crippen molar-refractivity contribution in [2.45, 2.75) is 0 Å². The van der Waals surface area contributed by atoms with Gasteiger partial charge in [-0.3, -0.25) is 13.6 Å². The van der Waals surface area contributed by atoms with Crippen LogP contribution in [0.3, 0.4) is 0 Å². The van der Waals surface area contributed by atoms with Crippen LogP contribution in [-0.2, 0) is 13.6 Å². The van der Waals surface area contributed by atoms with Gasteiger partial charge in [-0.05, 0) is 0 Å². The first-order valence-corrected chi connectivity index (χ1v) is 4.83. The zero-order chi connectivity index (χ0) is 7.94. The molecule has 0 aromatic rings. The van der Waals surface area contributed by atoms with Crippen LogP contribution in [-0.4, -0.2) is 33.0 Å². The maximum atomic E-state index is 9.64. The largest absolute Gasteiger partial charge is 0.323 e. The lowest BCUT2D eigenvalue weighted by molar-refractivity contribution is 0.0270. The van der Waals surface area contributed by atoms with Gasteiger partial charge in [-0.25, -0.2) is 0 Å². The maximum Gasteiger partial charge on any atom is 0.323 e. The smallest absolute Gasteiger partial charge is 0.314 e. The average Bonchev–Trinajstić information content (AvgIpc) is 2.05. The predicted molar refractivity (Wildman–Crippen MR) is 41.8 cm³/mol. The third kappa shape index (κ3) is 4.50. The minimum Gasteiger partial charge on any atom is -0.314 e. The summed E-state index contributed by atoms with van der Waals surface area (Å²) < 4.78 is 18.1. The van der Waals surface area contributed by atoms with E-state index < -0.39 is 8.25 Å². The highest BCUT2D eigenvalue weighted by atomic mass is 31.1. The van der Waals surface area contributed by atoms with Crippen LogP contribution in [0.4, 0.5) is 0 Å². The van der Waals surface area contributed by atoms with Crippen LogP contribution < -0.4 is 10.6 Å². The lowest BCUT2D eigenvalue weighted by atomic mass is 10.4. The van der Waals surface area contributed by atoms with Crippen molar-refractivity contribution in [1.82, 2.24) is 10.6 Å². The molecule has 2 N–H and O–H groups in total. The van der Waals surface area contributed by atoms with Crippen molar-refractivity contribution in [3.63, 3.8) is 0 Å². The summed E-state index contributed by atoms with van der Waals surface area (Å²) in [5.74, 6) is 0. The van der Waals surface area contributed by atoms with Crippen molar-refractivity contribution in [3.8, 4) is 0 Å². The zero-order valence-electron chi connectivity index (χ0n) is 6.26. The van der Waals surface area contributed by atoms with Gasteiger partial charge in [0.05, 0.1) is 0 Å². The highest BCUT2D eigenvalue weighted by molar-refractivity contribution is 7.34. The van der Waals surface area contributed by atoms with E-state index in [9.17, 15) is 4.57 Å². The Morgan fingerprint density at radius 2 is 1.36 bits per heavy atom. The number of nitrogens with one attached hydrogen (secondary N) is 2. The highest BCUT2D eigenvalue weighted by Gasteiger charge is 2.07. The van der Waals surface area contributed by atoms with E-state index in [-0.39, 0.29) is 6.79 Å². The van der Waals surface area contributed by atoms with Crippen LogP contribution in [0.5, 0.6) is 0 Å². The fraction of sp³-hybridized carbons (Fsp3) is 1.00. The van der Waals surface area contributed by atoms with Crippen molar-refractivity contribution in [2.24, 2.45) is 0 Å². The molecule has 0 aromatic carbocycles. The van der Waals surface area contributed by atoms with E-state index in [4.69, 9.17) is 0 Å². The zero-order valence-corrected chi connectivity index (χ0v) is 7.26. The topological polar surface area (TPSA) is 59.6 Å². The Labute approximate surface area is 66.4 Å². The molecule has 2 fully saturated rings. The molecule has 2 aliphatic heterocycles. The van der Waals surface area contributed by atoms with Crippen LogP contribution in [0.15, 0.2) is 0 Å². The lowest BCUT2D eigenvalue weighted by Crippen LogP contribution is -2.39. The number of rotatable bonds is 0. The van der Waals surface area contributed by atoms with Gasteiger partial charge in [-0.2, -0.15) is 0 Å². The van der Waals surface area contributed by atoms with Crippen molar-refractivity contribution < 1.29 is 13.6 Å². The van der Waals surface area contributed by atoms with Gasteiger partial charge >= 0.3 is 8.25 Å². The van der Waals surface area contributed by atoms with Gasteiger partial charge in [-0.15, -0.1) is 0 Å². The second kappa shape index (κ2) is 5.69. The number of piperazine rings is 1. The molecule has 0 saturated carbocycles. The summed E-state index contributed by atoms with van der Waals surface area (Å²) >= 11 is 0. The van der Waals surface area contributed by atoms with E-state index in [1.165, 1.54) is 0 Å². The normalized spacial score (nSPS) is 24.7. The van der Waals surface area contributed by atoms with Crippen molar-refractivity contribution in [1.29, 1.82) is 0 Å². The number of hydrogen-bond acceptors (Lipinski definition) is 5. The highest BCUT2D eigenvalue weighted by Crippen LogP contribution is 2.32. The Kier molecular flexibility index (Phi) is 4.74. The van der Waals surface area contributed by atoms with Gasteiger partial charge < -0.3 is 10.6 Å². The van der Waals surface area contributed by atoms with Gasteiger partial charge in [0.15, 0.2) is 6.79 Å². The van der Waals surface area contributed by atoms with E-state index in [2.05, 4.69) is 19.7 Å². The molecule has 6 heteroatoms. The molecular formula is C5H13N2O3P. The molecule has 0 unspecified atom stereocenters. The van der Waals surface area contributed by atoms with E-state index in [1.54, 1.807) is 0 Å².